The average Bonchev–Trinajstić information content (AvgIpc) is 2.89. The Kier molecular flexibility index (Phi) is 5.85. The van der Waals surface area contributed by atoms with Gasteiger partial charge in [0.15, 0.2) is 5.78 Å². The number of ketones is 1. The third kappa shape index (κ3) is 3.64. The summed E-state index contributed by atoms with van der Waals surface area (Å²) in [5, 5.41) is 10.5. The van der Waals surface area contributed by atoms with Gasteiger partial charge in [0.05, 0.1) is 12.7 Å². The van der Waals surface area contributed by atoms with Crippen LogP contribution in [0.2, 0.25) is 0 Å². The largest absolute Gasteiger partial charge is 0.393 e. The van der Waals surface area contributed by atoms with Gasteiger partial charge in [0.25, 0.3) is 0 Å². The maximum absolute atomic E-state index is 12.2. The van der Waals surface area contributed by atoms with Crippen molar-refractivity contribution in [2.24, 2.45) is 29.1 Å². The van der Waals surface area contributed by atoms with E-state index in [1.165, 1.54) is 12.0 Å². The minimum atomic E-state index is -0.128. The molecule has 0 bridgehead atoms. The van der Waals surface area contributed by atoms with E-state index < -0.39 is 0 Å². The first kappa shape index (κ1) is 18.8. The van der Waals surface area contributed by atoms with Crippen molar-refractivity contribution in [3.8, 4) is 0 Å². The second-order valence-electron chi connectivity index (χ2n) is 8.69. The lowest BCUT2D eigenvalue weighted by Gasteiger charge is -2.51. The first-order valence-electron chi connectivity index (χ1n) is 10.1. The summed E-state index contributed by atoms with van der Waals surface area (Å²) in [5.41, 5.74) is 1.40. The number of rotatable bonds is 5. The van der Waals surface area contributed by atoms with E-state index in [4.69, 9.17) is 4.74 Å². The van der Waals surface area contributed by atoms with Crippen LogP contribution in [0.1, 0.15) is 58.8 Å². The number of aliphatic hydroxyl groups excluding tert-OH is 1. The van der Waals surface area contributed by atoms with Crippen LogP contribution in [0, 0.1) is 29.1 Å². The van der Waals surface area contributed by atoms with Gasteiger partial charge in [-0.15, -0.1) is 0 Å². The molecule has 3 rings (SSSR count). The van der Waals surface area contributed by atoms with Crippen molar-refractivity contribution in [1.29, 1.82) is 0 Å². The van der Waals surface area contributed by atoms with Gasteiger partial charge in [0.2, 0.25) is 0 Å². The number of hydrogen-bond donors (Lipinski definition) is 1. The molecule has 0 aromatic carbocycles. The van der Waals surface area contributed by atoms with E-state index in [-0.39, 0.29) is 17.3 Å². The van der Waals surface area contributed by atoms with E-state index in [1.54, 1.807) is 13.2 Å². The van der Waals surface area contributed by atoms with Crippen molar-refractivity contribution in [3.63, 3.8) is 0 Å². The highest BCUT2D eigenvalue weighted by molar-refractivity contribution is 5.99. The molecule has 0 heterocycles. The van der Waals surface area contributed by atoms with Crippen molar-refractivity contribution < 1.29 is 14.6 Å². The van der Waals surface area contributed by atoms with E-state index in [2.05, 4.69) is 6.92 Å². The first-order valence-corrected chi connectivity index (χ1v) is 10.1. The molecule has 0 aliphatic heterocycles. The molecule has 3 nitrogen and oxygen atoms in total. The van der Waals surface area contributed by atoms with Crippen molar-refractivity contribution in [2.75, 3.05) is 13.7 Å². The molecule has 3 aliphatic rings. The molecule has 3 fully saturated rings. The van der Waals surface area contributed by atoms with Crippen molar-refractivity contribution >= 4 is 5.78 Å². The van der Waals surface area contributed by atoms with Crippen LogP contribution in [0.15, 0.2) is 23.8 Å². The summed E-state index contributed by atoms with van der Waals surface area (Å²) >= 11 is 0. The SMILES string of the molecule is CC/C=C\C(=O)/C=C1\C[C@H]2CC[C@]3(C)[C@@H](O)CC[C@H]3[C@@H]2C[C@H]1COC. The third-order valence-electron chi connectivity index (χ3n) is 7.33. The number of fused-ring (bicyclic) bond motifs is 3. The van der Waals surface area contributed by atoms with E-state index >= 15 is 0 Å². The van der Waals surface area contributed by atoms with Crippen LogP contribution < -0.4 is 0 Å². The summed E-state index contributed by atoms with van der Waals surface area (Å²) in [7, 11) is 1.76. The van der Waals surface area contributed by atoms with Gasteiger partial charge in [-0.05, 0) is 80.3 Å². The molecular formula is C22H34O3. The Morgan fingerprint density at radius 3 is 2.88 bits per heavy atom. The summed E-state index contributed by atoms with van der Waals surface area (Å²) in [4.78, 5) is 12.2. The highest BCUT2D eigenvalue weighted by atomic mass is 16.5. The fourth-order valence-corrected chi connectivity index (χ4v) is 5.92. The van der Waals surface area contributed by atoms with Crippen LogP contribution in [0.5, 0.6) is 0 Å². The normalized spacial score (nSPS) is 42.6. The maximum atomic E-state index is 12.2. The lowest BCUT2D eigenvalue weighted by atomic mass is 9.54. The minimum absolute atomic E-state index is 0.111. The average molecular weight is 347 g/mol. The van der Waals surface area contributed by atoms with Crippen LogP contribution in [-0.2, 0) is 9.53 Å². The summed E-state index contributed by atoms with van der Waals surface area (Å²) in [5.74, 6) is 2.46. The Labute approximate surface area is 152 Å². The van der Waals surface area contributed by atoms with E-state index in [0.29, 0.717) is 30.3 Å². The van der Waals surface area contributed by atoms with Crippen LogP contribution >= 0.6 is 0 Å². The smallest absolute Gasteiger partial charge is 0.178 e. The topological polar surface area (TPSA) is 46.5 Å². The monoisotopic (exact) mass is 346 g/mol. The number of ether oxygens (including phenoxy) is 1. The van der Waals surface area contributed by atoms with Gasteiger partial charge >= 0.3 is 0 Å². The van der Waals surface area contributed by atoms with E-state index in [0.717, 1.165) is 38.5 Å². The minimum Gasteiger partial charge on any atom is -0.393 e. The molecule has 3 saturated carbocycles. The molecule has 1 N–H and O–H groups in total. The zero-order chi connectivity index (χ0) is 18.0. The summed E-state index contributed by atoms with van der Waals surface area (Å²) in [6.45, 7) is 5.05. The molecule has 0 spiro atoms. The van der Waals surface area contributed by atoms with Gasteiger partial charge < -0.3 is 9.84 Å². The van der Waals surface area contributed by atoms with Crippen molar-refractivity contribution in [3.05, 3.63) is 23.8 Å². The predicted molar refractivity (Wildman–Crippen MR) is 100 cm³/mol. The Balaban J connectivity index is 1.79. The standard InChI is InChI=1S/C22H34O3/c1-4-5-6-18(23)12-16-11-15-9-10-22(2)20(7-8-21(22)24)19(15)13-17(16)14-25-3/h5-6,12,15,17,19-21,24H,4,7-11,13-14H2,1-3H3/b6-5-,16-12+/t15-,17+,19-,20+,21+,22+/m1/s1. The fourth-order valence-electron chi connectivity index (χ4n) is 5.92. The Morgan fingerprint density at radius 2 is 2.16 bits per heavy atom. The summed E-state index contributed by atoms with van der Waals surface area (Å²) < 4.78 is 5.49. The molecule has 3 heteroatoms. The molecule has 0 aromatic rings. The molecule has 3 aliphatic carbocycles. The Hall–Kier alpha value is -0.930. The van der Waals surface area contributed by atoms with Gasteiger partial charge in [-0.1, -0.05) is 25.5 Å². The molecule has 6 atom stereocenters. The second kappa shape index (κ2) is 7.75. The van der Waals surface area contributed by atoms with Crippen molar-refractivity contribution in [2.45, 2.75) is 64.9 Å². The fraction of sp³-hybridized carbons (Fsp3) is 0.773. The molecular weight excluding hydrogens is 312 g/mol. The number of carbonyl (C=O) groups excluding carboxylic acids is 1. The zero-order valence-corrected chi connectivity index (χ0v) is 16.0. The number of carbonyl (C=O) groups is 1. The van der Waals surface area contributed by atoms with E-state index in [1.807, 2.05) is 19.1 Å². The summed E-state index contributed by atoms with van der Waals surface area (Å²) in [6.07, 6.45) is 12.9. The molecule has 140 valence electrons. The quantitative estimate of drug-likeness (QED) is 0.755. The highest BCUT2D eigenvalue weighted by Gasteiger charge is 2.54. The molecule has 0 amide bonds. The molecule has 0 radical (unpaired) electrons. The second-order valence-corrected chi connectivity index (χ2v) is 8.69. The molecule has 25 heavy (non-hydrogen) atoms. The number of methoxy groups -OCH3 is 1. The third-order valence-corrected chi connectivity index (χ3v) is 7.33. The Morgan fingerprint density at radius 1 is 1.36 bits per heavy atom. The lowest BCUT2D eigenvalue weighted by molar-refractivity contribution is -0.110. The molecule has 0 saturated heterocycles. The van der Waals surface area contributed by atoms with Crippen LogP contribution in [0.25, 0.3) is 0 Å². The number of allylic oxidation sites excluding steroid dienone is 3. The highest BCUT2D eigenvalue weighted by Crippen LogP contribution is 2.60. The van der Waals surface area contributed by atoms with Gasteiger partial charge in [-0.2, -0.15) is 0 Å². The Bertz CT molecular complexity index is 549. The predicted octanol–water partition coefficient (Wildman–Crippen LogP) is 4.31. The maximum Gasteiger partial charge on any atom is 0.178 e. The van der Waals surface area contributed by atoms with Gasteiger partial charge in [-0.3, -0.25) is 4.79 Å². The van der Waals surface area contributed by atoms with Crippen LogP contribution in [-0.4, -0.2) is 30.7 Å². The zero-order valence-electron chi connectivity index (χ0n) is 16.0. The van der Waals surface area contributed by atoms with Gasteiger partial charge in [0, 0.05) is 13.0 Å². The number of hydrogen-bond acceptors (Lipinski definition) is 3. The number of aliphatic hydroxyl groups is 1. The van der Waals surface area contributed by atoms with E-state index in [9.17, 15) is 9.90 Å². The van der Waals surface area contributed by atoms with Crippen LogP contribution in [0.3, 0.4) is 0 Å². The molecule has 0 aromatic heterocycles. The van der Waals surface area contributed by atoms with Gasteiger partial charge in [-0.25, -0.2) is 0 Å². The van der Waals surface area contributed by atoms with Crippen molar-refractivity contribution in [1.82, 2.24) is 0 Å². The summed E-state index contributed by atoms with van der Waals surface area (Å²) in [6, 6.07) is 0. The molecule has 0 unspecified atom stereocenters. The first-order chi connectivity index (χ1) is 12.0. The lowest BCUT2D eigenvalue weighted by Crippen LogP contribution is -2.46. The van der Waals surface area contributed by atoms with Crippen LogP contribution in [0.4, 0.5) is 0 Å². The van der Waals surface area contributed by atoms with Gasteiger partial charge in [0.1, 0.15) is 0 Å².